The predicted molar refractivity (Wildman–Crippen MR) is 51.7 cm³/mol. The summed E-state index contributed by atoms with van der Waals surface area (Å²) in [6.07, 6.45) is -1.08. The molecule has 0 N–H and O–H groups in total. The Hall–Kier alpha value is 0.0300. The summed E-state index contributed by atoms with van der Waals surface area (Å²) in [5, 5.41) is -0.108. The molecule has 0 amide bonds. The molecule has 0 radical (unpaired) electrons. The van der Waals surface area contributed by atoms with Crippen LogP contribution < -0.4 is 0 Å². The zero-order valence-corrected chi connectivity index (χ0v) is 9.03. The molecule has 0 aromatic carbocycles. The van der Waals surface area contributed by atoms with Gasteiger partial charge in [0.15, 0.2) is 0 Å². The van der Waals surface area contributed by atoms with Gasteiger partial charge in [-0.25, -0.2) is 13.8 Å². The van der Waals surface area contributed by atoms with Crippen molar-refractivity contribution < 1.29 is 8.78 Å². The van der Waals surface area contributed by atoms with Crippen LogP contribution in [0, 0.1) is 10.5 Å². The standard InChI is InChI=1S/C7H5ClF2IN/c1-3-4(11)2-12-6(8)5(3)7(9)10/h2,7H,1H3. The van der Waals surface area contributed by atoms with Gasteiger partial charge < -0.3 is 0 Å². The highest BCUT2D eigenvalue weighted by Crippen LogP contribution is 2.30. The molecule has 0 unspecified atom stereocenters. The molecule has 0 spiro atoms. The van der Waals surface area contributed by atoms with Crippen molar-refractivity contribution in [3.05, 3.63) is 26.0 Å². The molecule has 1 rings (SSSR count). The van der Waals surface area contributed by atoms with Crippen LogP contribution in [0.3, 0.4) is 0 Å². The normalized spacial score (nSPS) is 10.8. The van der Waals surface area contributed by atoms with Crippen LogP contribution in [0.15, 0.2) is 6.20 Å². The zero-order chi connectivity index (χ0) is 9.30. The van der Waals surface area contributed by atoms with Crippen LogP contribution in [0.2, 0.25) is 5.15 Å². The van der Waals surface area contributed by atoms with E-state index in [-0.39, 0.29) is 10.7 Å². The van der Waals surface area contributed by atoms with Gasteiger partial charge in [0, 0.05) is 9.77 Å². The average Bonchev–Trinajstić information content (AvgIpc) is 1.97. The Kier molecular flexibility index (Phi) is 3.22. The van der Waals surface area contributed by atoms with E-state index in [1.807, 2.05) is 22.6 Å². The maximum atomic E-state index is 12.3. The molecule has 0 fully saturated rings. The van der Waals surface area contributed by atoms with E-state index < -0.39 is 6.43 Å². The monoisotopic (exact) mass is 303 g/mol. The summed E-state index contributed by atoms with van der Waals surface area (Å²) < 4.78 is 25.4. The van der Waals surface area contributed by atoms with Gasteiger partial charge in [-0.1, -0.05) is 11.6 Å². The molecule has 1 nitrogen and oxygen atoms in total. The summed E-state index contributed by atoms with van der Waals surface area (Å²) in [5.74, 6) is 0. The maximum absolute atomic E-state index is 12.3. The van der Waals surface area contributed by atoms with Gasteiger partial charge in [-0.15, -0.1) is 0 Å². The third-order valence-electron chi connectivity index (χ3n) is 1.49. The van der Waals surface area contributed by atoms with Crippen molar-refractivity contribution in [2.45, 2.75) is 13.3 Å². The minimum Gasteiger partial charge on any atom is -0.243 e. The lowest BCUT2D eigenvalue weighted by Crippen LogP contribution is -1.96. The summed E-state index contributed by atoms with van der Waals surface area (Å²) in [6, 6.07) is 0. The Morgan fingerprint density at radius 2 is 2.17 bits per heavy atom. The summed E-state index contributed by atoms with van der Waals surface area (Å²) in [4.78, 5) is 3.64. The first-order valence-electron chi connectivity index (χ1n) is 3.12. The van der Waals surface area contributed by atoms with E-state index in [9.17, 15) is 8.78 Å². The van der Waals surface area contributed by atoms with Gasteiger partial charge in [0.1, 0.15) is 5.15 Å². The van der Waals surface area contributed by atoms with E-state index in [1.165, 1.54) is 6.20 Å². The van der Waals surface area contributed by atoms with Crippen molar-refractivity contribution in [3.63, 3.8) is 0 Å². The Labute approximate surface area is 87.3 Å². The summed E-state index contributed by atoms with van der Waals surface area (Å²) in [5.41, 5.74) is 0.342. The molecule has 0 saturated carbocycles. The van der Waals surface area contributed by atoms with Crippen LogP contribution in [0.4, 0.5) is 8.78 Å². The molecule has 0 aliphatic heterocycles. The second-order valence-electron chi connectivity index (χ2n) is 2.24. The number of pyridine rings is 1. The van der Waals surface area contributed by atoms with Crippen LogP contribution in [0.1, 0.15) is 17.6 Å². The van der Waals surface area contributed by atoms with E-state index in [2.05, 4.69) is 4.98 Å². The number of hydrogen-bond donors (Lipinski definition) is 0. The molecule has 1 aromatic heterocycles. The number of hydrogen-bond acceptors (Lipinski definition) is 1. The van der Waals surface area contributed by atoms with Crippen LogP contribution >= 0.6 is 34.2 Å². The number of nitrogens with zero attached hydrogens (tertiary/aromatic N) is 1. The smallest absolute Gasteiger partial charge is 0.243 e. The third-order valence-corrected chi connectivity index (χ3v) is 2.88. The van der Waals surface area contributed by atoms with Gasteiger partial charge in [-0.3, -0.25) is 0 Å². The Balaban J connectivity index is 3.33. The first-order chi connectivity index (χ1) is 5.54. The maximum Gasteiger partial charge on any atom is 0.267 e. The Morgan fingerprint density at radius 1 is 1.58 bits per heavy atom. The number of alkyl halides is 2. The molecule has 12 heavy (non-hydrogen) atoms. The molecule has 66 valence electrons. The topological polar surface area (TPSA) is 12.9 Å². The zero-order valence-electron chi connectivity index (χ0n) is 6.11. The second kappa shape index (κ2) is 3.83. The summed E-state index contributed by atoms with van der Waals surface area (Å²) in [7, 11) is 0. The van der Waals surface area contributed by atoms with Crippen molar-refractivity contribution in [2.75, 3.05) is 0 Å². The fourth-order valence-corrected chi connectivity index (χ4v) is 1.52. The lowest BCUT2D eigenvalue weighted by molar-refractivity contribution is 0.150. The lowest BCUT2D eigenvalue weighted by Gasteiger charge is -2.07. The molecule has 0 aliphatic carbocycles. The van der Waals surface area contributed by atoms with Gasteiger partial charge in [0.2, 0.25) is 0 Å². The van der Waals surface area contributed by atoms with Gasteiger partial charge >= 0.3 is 0 Å². The molecule has 0 bridgehead atoms. The summed E-state index contributed by atoms with van der Waals surface area (Å²) in [6.45, 7) is 1.61. The van der Waals surface area contributed by atoms with Crippen molar-refractivity contribution in [1.29, 1.82) is 0 Å². The van der Waals surface area contributed by atoms with Crippen LogP contribution in [0.25, 0.3) is 0 Å². The lowest BCUT2D eigenvalue weighted by atomic mass is 10.2. The van der Waals surface area contributed by atoms with Gasteiger partial charge in [-0.2, -0.15) is 0 Å². The van der Waals surface area contributed by atoms with Crippen LogP contribution in [-0.4, -0.2) is 4.98 Å². The average molecular weight is 303 g/mol. The first kappa shape index (κ1) is 10.1. The predicted octanol–water partition coefficient (Wildman–Crippen LogP) is 3.59. The summed E-state index contributed by atoms with van der Waals surface area (Å²) >= 11 is 7.45. The van der Waals surface area contributed by atoms with E-state index in [1.54, 1.807) is 6.92 Å². The van der Waals surface area contributed by atoms with Crippen molar-refractivity contribution in [3.8, 4) is 0 Å². The number of aromatic nitrogens is 1. The molecule has 5 heteroatoms. The Bertz CT molecular complexity index is 304. The largest absolute Gasteiger partial charge is 0.267 e. The molecule has 0 saturated heterocycles. The molecule has 1 aromatic rings. The highest BCUT2D eigenvalue weighted by molar-refractivity contribution is 14.1. The molecule has 0 aliphatic rings. The molecular formula is C7H5ClF2IN. The molecule has 1 heterocycles. The molecule has 0 atom stereocenters. The van der Waals surface area contributed by atoms with Crippen LogP contribution in [-0.2, 0) is 0 Å². The Morgan fingerprint density at radius 3 is 2.58 bits per heavy atom. The second-order valence-corrected chi connectivity index (χ2v) is 3.76. The van der Waals surface area contributed by atoms with Gasteiger partial charge in [0.05, 0.1) is 5.56 Å². The van der Waals surface area contributed by atoms with Crippen molar-refractivity contribution in [1.82, 2.24) is 4.98 Å². The van der Waals surface area contributed by atoms with Crippen molar-refractivity contribution >= 4 is 34.2 Å². The van der Waals surface area contributed by atoms with E-state index in [4.69, 9.17) is 11.6 Å². The van der Waals surface area contributed by atoms with E-state index >= 15 is 0 Å². The fourth-order valence-electron chi connectivity index (χ4n) is 0.817. The highest BCUT2D eigenvalue weighted by atomic mass is 127. The van der Waals surface area contributed by atoms with Gasteiger partial charge in [0.25, 0.3) is 6.43 Å². The van der Waals surface area contributed by atoms with Crippen molar-refractivity contribution in [2.24, 2.45) is 0 Å². The minimum absolute atomic E-state index is 0.108. The minimum atomic E-state index is -2.56. The molecular weight excluding hydrogens is 298 g/mol. The highest BCUT2D eigenvalue weighted by Gasteiger charge is 2.17. The fraction of sp³-hybridized carbons (Fsp3) is 0.286. The SMILES string of the molecule is Cc1c(I)cnc(Cl)c1C(F)F. The van der Waals surface area contributed by atoms with E-state index in [0.29, 0.717) is 9.13 Å². The van der Waals surface area contributed by atoms with Gasteiger partial charge in [-0.05, 0) is 35.1 Å². The number of halogens is 4. The number of rotatable bonds is 1. The van der Waals surface area contributed by atoms with E-state index in [0.717, 1.165) is 0 Å². The first-order valence-corrected chi connectivity index (χ1v) is 4.58. The van der Waals surface area contributed by atoms with Crippen LogP contribution in [0.5, 0.6) is 0 Å². The third kappa shape index (κ3) is 1.85. The quantitative estimate of drug-likeness (QED) is 0.571.